The molecule has 0 saturated heterocycles. The van der Waals surface area contributed by atoms with Gasteiger partial charge in [-0.15, -0.1) is 0 Å². The van der Waals surface area contributed by atoms with Crippen molar-refractivity contribution in [1.82, 2.24) is 10.2 Å². The van der Waals surface area contributed by atoms with E-state index in [1.165, 1.54) is 24.1 Å². The molecule has 0 aliphatic rings. The van der Waals surface area contributed by atoms with Crippen LogP contribution < -0.4 is 14.4 Å². The van der Waals surface area contributed by atoms with Gasteiger partial charge in [0.2, 0.25) is 11.8 Å². The number of aryl methyl sites for hydroxylation is 2. The highest BCUT2D eigenvalue weighted by atomic mass is 32.2. The van der Waals surface area contributed by atoms with Gasteiger partial charge in [-0.2, -0.15) is 0 Å². The third kappa shape index (κ3) is 7.17. The maximum Gasteiger partial charge on any atom is 0.264 e. The van der Waals surface area contributed by atoms with Crippen molar-refractivity contribution in [3.8, 4) is 5.75 Å². The third-order valence-corrected chi connectivity index (χ3v) is 8.38. The molecule has 3 aromatic rings. The van der Waals surface area contributed by atoms with Gasteiger partial charge in [0.25, 0.3) is 10.0 Å². The van der Waals surface area contributed by atoms with E-state index in [1.807, 2.05) is 52.0 Å². The number of anilines is 1. The molecule has 0 heterocycles. The van der Waals surface area contributed by atoms with Gasteiger partial charge in [-0.3, -0.25) is 13.9 Å². The summed E-state index contributed by atoms with van der Waals surface area (Å²) >= 11 is 0. The van der Waals surface area contributed by atoms with E-state index in [0.29, 0.717) is 24.4 Å². The number of likely N-dealkylation sites (N-methyl/N-ethyl adjacent to an activating group) is 1. The Balaban J connectivity index is 2.06. The lowest BCUT2D eigenvalue weighted by atomic mass is 10.1. The van der Waals surface area contributed by atoms with Gasteiger partial charge in [-0.1, -0.05) is 48.9 Å². The normalized spacial score (nSPS) is 11.9. The van der Waals surface area contributed by atoms with Crippen LogP contribution in [0.3, 0.4) is 0 Å². The number of methoxy groups -OCH3 is 1. The lowest BCUT2D eigenvalue weighted by Gasteiger charge is -2.33. The fourth-order valence-corrected chi connectivity index (χ4v) is 5.71. The Bertz CT molecular complexity index is 1370. The molecular formula is C30H37N3O5S. The predicted octanol–water partition coefficient (Wildman–Crippen LogP) is 4.45. The maximum absolute atomic E-state index is 14.0. The quantitative estimate of drug-likeness (QED) is 0.359. The van der Waals surface area contributed by atoms with Crippen LogP contribution in [0.1, 0.15) is 37.0 Å². The molecule has 1 atom stereocenters. The van der Waals surface area contributed by atoms with Gasteiger partial charge < -0.3 is 15.0 Å². The summed E-state index contributed by atoms with van der Waals surface area (Å²) in [6.45, 7) is 7.62. The number of ether oxygens (including phenoxy) is 1. The van der Waals surface area contributed by atoms with E-state index < -0.39 is 28.5 Å². The number of sulfonamides is 1. The standard InChI is InChI=1S/C30H37N3O5S/c1-6-28(30(35)31-7-2)32(20-24-11-9-8-10-23(24)4)29(34)21-33(25-14-12-22(3)13-15-25)39(36,37)27-18-16-26(38-5)17-19-27/h8-19,28H,6-7,20-21H2,1-5H3,(H,31,35). The second-order valence-electron chi connectivity index (χ2n) is 9.29. The first kappa shape index (κ1) is 29.7. The van der Waals surface area contributed by atoms with Crippen LogP contribution in [-0.2, 0) is 26.2 Å². The molecule has 8 nitrogen and oxygen atoms in total. The molecule has 1 unspecified atom stereocenters. The Kier molecular flexibility index (Phi) is 10.1. The largest absolute Gasteiger partial charge is 0.497 e. The summed E-state index contributed by atoms with van der Waals surface area (Å²) in [4.78, 5) is 28.5. The zero-order valence-electron chi connectivity index (χ0n) is 23.2. The number of amides is 2. The lowest BCUT2D eigenvalue weighted by molar-refractivity contribution is -0.140. The first-order valence-electron chi connectivity index (χ1n) is 13.0. The van der Waals surface area contributed by atoms with Crippen LogP contribution in [-0.4, -0.2) is 51.4 Å². The molecule has 0 aromatic heterocycles. The summed E-state index contributed by atoms with van der Waals surface area (Å²) in [5.74, 6) is -0.236. The molecule has 39 heavy (non-hydrogen) atoms. The van der Waals surface area contributed by atoms with Crippen LogP contribution in [0.15, 0.2) is 77.7 Å². The lowest BCUT2D eigenvalue weighted by Crippen LogP contribution is -2.52. The van der Waals surface area contributed by atoms with E-state index in [0.717, 1.165) is 21.0 Å². The zero-order valence-corrected chi connectivity index (χ0v) is 24.0. The van der Waals surface area contributed by atoms with Crippen molar-refractivity contribution in [2.75, 3.05) is 24.5 Å². The number of carbonyl (C=O) groups excluding carboxylic acids is 2. The Labute approximate surface area is 231 Å². The maximum atomic E-state index is 14.0. The first-order chi connectivity index (χ1) is 18.6. The van der Waals surface area contributed by atoms with Crippen LogP contribution in [0, 0.1) is 13.8 Å². The molecule has 2 amide bonds. The topological polar surface area (TPSA) is 96.0 Å². The first-order valence-corrected chi connectivity index (χ1v) is 14.4. The van der Waals surface area contributed by atoms with Crippen molar-refractivity contribution in [2.24, 2.45) is 0 Å². The average molecular weight is 552 g/mol. The minimum absolute atomic E-state index is 0.0258. The van der Waals surface area contributed by atoms with Crippen LogP contribution in [0.5, 0.6) is 5.75 Å². The molecule has 0 bridgehead atoms. The summed E-state index contributed by atoms with van der Waals surface area (Å²) in [7, 11) is -2.63. The molecule has 0 saturated carbocycles. The number of hydrogen-bond acceptors (Lipinski definition) is 5. The van der Waals surface area contributed by atoms with Crippen LogP contribution in [0.2, 0.25) is 0 Å². The SMILES string of the molecule is CCNC(=O)C(CC)N(Cc1ccccc1C)C(=O)CN(c1ccc(C)cc1)S(=O)(=O)c1ccc(OC)cc1. The minimum atomic E-state index is -4.13. The van der Waals surface area contributed by atoms with Crippen LogP contribution in [0.4, 0.5) is 5.69 Å². The molecule has 9 heteroatoms. The van der Waals surface area contributed by atoms with Crippen LogP contribution in [0.25, 0.3) is 0 Å². The zero-order chi connectivity index (χ0) is 28.6. The van der Waals surface area contributed by atoms with Gasteiger partial charge in [0, 0.05) is 13.1 Å². The highest BCUT2D eigenvalue weighted by Crippen LogP contribution is 2.26. The van der Waals surface area contributed by atoms with E-state index in [2.05, 4.69) is 5.32 Å². The fourth-order valence-electron chi connectivity index (χ4n) is 4.30. The second-order valence-corrected chi connectivity index (χ2v) is 11.2. The average Bonchev–Trinajstić information content (AvgIpc) is 2.93. The Hall–Kier alpha value is -3.85. The summed E-state index contributed by atoms with van der Waals surface area (Å²) in [6.07, 6.45) is 0.374. The molecule has 0 radical (unpaired) electrons. The predicted molar refractivity (Wildman–Crippen MR) is 153 cm³/mol. The van der Waals surface area contributed by atoms with E-state index >= 15 is 0 Å². The van der Waals surface area contributed by atoms with Crippen LogP contribution >= 0.6 is 0 Å². The van der Waals surface area contributed by atoms with Crippen molar-refractivity contribution in [3.05, 3.63) is 89.5 Å². The summed E-state index contributed by atoms with van der Waals surface area (Å²) in [5.41, 5.74) is 3.16. The summed E-state index contributed by atoms with van der Waals surface area (Å²) in [6, 6.07) is 19.9. The Morgan fingerprint density at radius 3 is 2.13 bits per heavy atom. The third-order valence-electron chi connectivity index (χ3n) is 6.59. The van der Waals surface area contributed by atoms with Gasteiger partial charge >= 0.3 is 0 Å². The summed E-state index contributed by atoms with van der Waals surface area (Å²) in [5, 5.41) is 2.81. The molecule has 0 fully saturated rings. The summed E-state index contributed by atoms with van der Waals surface area (Å²) < 4.78 is 34.1. The molecule has 3 aromatic carbocycles. The number of rotatable bonds is 12. The molecule has 3 rings (SSSR count). The van der Waals surface area contributed by atoms with Gasteiger partial charge in [0.05, 0.1) is 17.7 Å². The number of nitrogens with one attached hydrogen (secondary N) is 1. The molecule has 1 N–H and O–H groups in total. The van der Waals surface area contributed by atoms with Gasteiger partial charge in [0.1, 0.15) is 18.3 Å². The van der Waals surface area contributed by atoms with Crippen molar-refractivity contribution in [1.29, 1.82) is 0 Å². The molecule has 208 valence electrons. The number of nitrogens with zero attached hydrogens (tertiary/aromatic N) is 2. The Morgan fingerprint density at radius 1 is 0.923 bits per heavy atom. The second kappa shape index (κ2) is 13.3. The fraction of sp³-hybridized carbons (Fsp3) is 0.333. The van der Waals surface area contributed by atoms with Gasteiger partial charge in [-0.05, 0) is 74.7 Å². The monoisotopic (exact) mass is 551 g/mol. The minimum Gasteiger partial charge on any atom is -0.497 e. The van der Waals surface area contributed by atoms with Crippen molar-refractivity contribution >= 4 is 27.5 Å². The number of carbonyl (C=O) groups is 2. The smallest absolute Gasteiger partial charge is 0.264 e. The molecule has 0 aliphatic heterocycles. The van der Waals surface area contributed by atoms with Crippen molar-refractivity contribution in [2.45, 2.75) is 51.6 Å². The van der Waals surface area contributed by atoms with E-state index in [-0.39, 0.29) is 17.3 Å². The van der Waals surface area contributed by atoms with Gasteiger partial charge in [-0.25, -0.2) is 8.42 Å². The molecule has 0 spiro atoms. The number of hydrogen-bond donors (Lipinski definition) is 1. The highest BCUT2D eigenvalue weighted by Gasteiger charge is 2.33. The highest BCUT2D eigenvalue weighted by molar-refractivity contribution is 7.92. The Morgan fingerprint density at radius 2 is 1.56 bits per heavy atom. The number of benzene rings is 3. The molecular weight excluding hydrogens is 514 g/mol. The van der Waals surface area contributed by atoms with Crippen molar-refractivity contribution < 1.29 is 22.7 Å². The van der Waals surface area contributed by atoms with E-state index in [1.54, 1.807) is 36.4 Å². The van der Waals surface area contributed by atoms with E-state index in [9.17, 15) is 18.0 Å². The van der Waals surface area contributed by atoms with Crippen molar-refractivity contribution in [3.63, 3.8) is 0 Å². The van der Waals surface area contributed by atoms with Gasteiger partial charge in [0.15, 0.2) is 0 Å². The van der Waals surface area contributed by atoms with E-state index in [4.69, 9.17) is 4.74 Å². The molecule has 0 aliphatic carbocycles.